The maximum Gasteiger partial charge on any atom is 0.308 e. The normalized spacial score (nSPS) is 44.3. The van der Waals surface area contributed by atoms with Crippen LogP contribution in [-0.4, -0.2) is 58.8 Å². The van der Waals surface area contributed by atoms with Crippen molar-refractivity contribution in [2.75, 3.05) is 6.61 Å². The van der Waals surface area contributed by atoms with Crippen LogP contribution in [0.5, 0.6) is 0 Å². The topological polar surface area (TPSA) is 105 Å². The second-order valence-electron chi connectivity index (χ2n) is 3.48. The van der Waals surface area contributed by atoms with Crippen LogP contribution < -0.4 is 0 Å². The van der Waals surface area contributed by atoms with Gasteiger partial charge in [0.05, 0.1) is 13.0 Å². The van der Waals surface area contributed by atoms with Crippen LogP contribution in [0.4, 0.5) is 0 Å². The molecule has 2 aliphatic rings. The van der Waals surface area contributed by atoms with Gasteiger partial charge in [-0.1, -0.05) is 0 Å². The van der Waals surface area contributed by atoms with E-state index in [4.69, 9.17) is 24.4 Å². The van der Waals surface area contributed by atoms with Gasteiger partial charge in [0.2, 0.25) is 0 Å². The quantitative estimate of drug-likeness (QED) is 0.519. The molecule has 0 bridgehead atoms. The number of ether oxygens (including phenoxy) is 3. The van der Waals surface area contributed by atoms with Crippen molar-refractivity contribution in [2.24, 2.45) is 0 Å². The number of aliphatic hydroxyl groups is 2. The summed E-state index contributed by atoms with van der Waals surface area (Å²) in [5.41, 5.74) is 0. The summed E-state index contributed by atoms with van der Waals surface area (Å²) >= 11 is 0. The van der Waals surface area contributed by atoms with E-state index in [9.17, 15) is 9.90 Å². The second kappa shape index (κ2) is 4.03. The van der Waals surface area contributed by atoms with Crippen molar-refractivity contribution in [2.45, 2.75) is 37.3 Å². The minimum atomic E-state index is -1.05. The van der Waals surface area contributed by atoms with Gasteiger partial charge in [0.1, 0.15) is 18.3 Å². The third kappa shape index (κ3) is 1.97. The number of fused-ring (bicyclic) bond motifs is 1. The molecule has 2 fully saturated rings. The summed E-state index contributed by atoms with van der Waals surface area (Å²) in [5.74, 6) is -1.05. The van der Waals surface area contributed by atoms with Gasteiger partial charge < -0.3 is 29.5 Å². The predicted octanol–water partition coefficient (Wildman–Crippen LogP) is -1.72. The maximum absolute atomic E-state index is 10.4. The summed E-state index contributed by atoms with van der Waals surface area (Å²) in [6, 6.07) is 0. The summed E-state index contributed by atoms with van der Waals surface area (Å²) in [5, 5.41) is 26.9. The van der Waals surface area contributed by atoms with Crippen LogP contribution in [0.25, 0.3) is 0 Å². The molecular formula is C8H12O7. The molecule has 2 saturated heterocycles. The fourth-order valence-corrected chi connectivity index (χ4v) is 1.70. The Hall–Kier alpha value is -0.730. The first-order valence-corrected chi connectivity index (χ1v) is 4.59. The molecule has 2 rings (SSSR count). The third-order valence-corrected chi connectivity index (χ3v) is 2.41. The van der Waals surface area contributed by atoms with Crippen molar-refractivity contribution in [3.05, 3.63) is 0 Å². The van der Waals surface area contributed by atoms with Gasteiger partial charge in [-0.05, 0) is 0 Å². The molecule has 5 unspecified atom stereocenters. The summed E-state index contributed by atoms with van der Waals surface area (Å²) in [6.07, 6.45) is -4.42. The minimum Gasteiger partial charge on any atom is -0.481 e. The number of hydrogen-bond acceptors (Lipinski definition) is 6. The highest BCUT2D eigenvalue weighted by Crippen LogP contribution is 2.33. The fraction of sp³-hybridized carbons (Fsp3) is 0.875. The first-order valence-electron chi connectivity index (χ1n) is 4.59. The largest absolute Gasteiger partial charge is 0.481 e. The predicted molar refractivity (Wildman–Crippen MR) is 43.8 cm³/mol. The lowest BCUT2D eigenvalue weighted by Crippen LogP contribution is -2.34. The van der Waals surface area contributed by atoms with Gasteiger partial charge in [-0.25, -0.2) is 0 Å². The van der Waals surface area contributed by atoms with E-state index < -0.39 is 36.9 Å². The molecule has 0 aromatic carbocycles. The Morgan fingerprint density at radius 2 is 2.00 bits per heavy atom. The second-order valence-corrected chi connectivity index (χ2v) is 3.48. The molecule has 5 atom stereocenters. The van der Waals surface area contributed by atoms with Crippen molar-refractivity contribution >= 4 is 5.97 Å². The highest BCUT2D eigenvalue weighted by Gasteiger charge is 2.51. The molecule has 7 heteroatoms. The third-order valence-electron chi connectivity index (χ3n) is 2.41. The zero-order valence-electron chi connectivity index (χ0n) is 7.78. The van der Waals surface area contributed by atoms with E-state index in [1.807, 2.05) is 0 Å². The smallest absolute Gasteiger partial charge is 0.308 e. The van der Waals surface area contributed by atoms with Crippen LogP contribution in [0.1, 0.15) is 6.42 Å². The Kier molecular flexibility index (Phi) is 2.89. The number of aliphatic carboxylic acids is 1. The zero-order chi connectivity index (χ0) is 11.0. The number of carboxylic acids is 1. The molecule has 0 aromatic heterocycles. The highest BCUT2D eigenvalue weighted by molar-refractivity contribution is 5.67. The molecule has 0 spiro atoms. The standard InChI is InChI=1S/C8H12O7/c9-2-3-6(12)7-8(13-3)15-5(14-7)1-4(10)11/h3,5-9,12H,1-2H2,(H,10,11). The van der Waals surface area contributed by atoms with Crippen molar-refractivity contribution in [1.82, 2.24) is 0 Å². The zero-order valence-corrected chi connectivity index (χ0v) is 7.78. The Morgan fingerprint density at radius 1 is 1.27 bits per heavy atom. The minimum absolute atomic E-state index is 0.299. The Labute approximate surface area is 85.2 Å². The van der Waals surface area contributed by atoms with Crippen molar-refractivity contribution in [3.63, 3.8) is 0 Å². The molecule has 0 aromatic rings. The van der Waals surface area contributed by atoms with Crippen LogP contribution in [-0.2, 0) is 19.0 Å². The molecule has 0 aliphatic carbocycles. The van der Waals surface area contributed by atoms with Crippen molar-refractivity contribution in [3.8, 4) is 0 Å². The van der Waals surface area contributed by atoms with Gasteiger partial charge in [-0.15, -0.1) is 0 Å². The summed E-state index contributed by atoms with van der Waals surface area (Å²) < 4.78 is 15.4. The van der Waals surface area contributed by atoms with E-state index in [1.165, 1.54) is 0 Å². The van der Waals surface area contributed by atoms with Gasteiger partial charge in [-0.2, -0.15) is 0 Å². The van der Waals surface area contributed by atoms with E-state index in [2.05, 4.69) is 0 Å². The molecular weight excluding hydrogens is 208 g/mol. The molecule has 7 nitrogen and oxygen atoms in total. The Bertz CT molecular complexity index is 255. The monoisotopic (exact) mass is 220 g/mol. The lowest BCUT2D eigenvalue weighted by Gasteiger charge is -2.16. The molecule has 2 aliphatic heterocycles. The van der Waals surface area contributed by atoms with E-state index >= 15 is 0 Å². The summed E-state index contributed by atoms with van der Waals surface area (Å²) in [4.78, 5) is 10.4. The van der Waals surface area contributed by atoms with Gasteiger partial charge in [0.15, 0.2) is 12.6 Å². The molecule has 0 saturated carbocycles. The van der Waals surface area contributed by atoms with Gasteiger partial charge in [0, 0.05) is 0 Å². The average molecular weight is 220 g/mol. The van der Waals surface area contributed by atoms with Crippen LogP contribution in [0.2, 0.25) is 0 Å². The van der Waals surface area contributed by atoms with Crippen molar-refractivity contribution in [1.29, 1.82) is 0 Å². The highest BCUT2D eigenvalue weighted by atomic mass is 16.8. The van der Waals surface area contributed by atoms with E-state index in [0.29, 0.717) is 0 Å². The van der Waals surface area contributed by atoms with Gasteiger partial charge in [-0.3, -0.25) is 4.79 Å². The maximum atomic E-state index is 10.4. The number of aliphatic hydroxyl groups excluding tert-OH is 2. The number of carboxylic acid groups (broad SMARTS) is 1. The van der Waals surface area contributed by atoms with Gasteiger partial charge >= 0.3 is 5.97 Å². The first kappa shape index (κ1) is 10.8. The summed E-state index contributed by atoms with van der Waals surface area (Å²) in [7, 11) is 0. The Morgan fingerprint density at radius 3 is 2.53 bits per heavy atom. The number of hydrogen-bond donors (Lipinski definition) is 3. The first-order chi connectivity index (χ1) is 7.11. The van der Waals surface area contributed by atoms with E-state index in [1.54, 1.807) is 0 Å². The molecule has 0 radical (unpaired) electrons. The van der Waals surface area contributed by atoms with E-state index in [0.717, 1.165) is 0 Å². The van der Waals surface area contributed by atoms with Crippen LogP contribution in [0, 0.1) is 0 Å². The lowest BCUT2D eigenvalue weighted by molar-refractivity contribution is -0.182. The molecule has 86 valence electrons. The summed E-state index contributed by atoms with van der Waals surface area (Å²) in [6.45, 7) is -0.329. The SMILES string of the molecule is O=C(O)CC1OC2OC(CO)C(O)C2O1. The fourth-order valence-electron chi connectivity index (χ4n) is 1.70. The lowest BCUT2D eigenvalue weighted by atomic mass is 10.1. The number of rotatable bonds is 3. The van der Waals surface area contributed by atoms with Crippen molar-refractivity contribution < 1.29 is 34.3 Å². The molecule has 0 amide bonds. The van der Waals surface area contributed by atoms with Crippen LogP contribution in [0.3, 0.4) is 0 Å². The van der Waals surface area contributed by atoms with Crippen LogP contribution >= 0.6 is 0 Å². The molecule has 2 heterocycles. The number of carbonyl (C=O) groups is 1. The van der Waals surface area contributed by atoms with Crippen LogP contribution in [0.15, 0.2) is 0 Å². The van der Waals surface area contributed by atoms with Gasteiger partial charge in [0.25, 0.3) is 0 Å². The average Bonchev–Trinajstić information content (AvgIpc) is 2.65. The molecule has 3 N–H and O–H groups in total. The molecule has 15 heavy (non-hydrogen) atoms. The van der Waals surface area contributed by atoms with E-state index in [-0.39, 0.29) is 13.0 Å². The Balaban J connectivity index is 1.93.